The van der Waals surface area contributed by atoms with Gasteiger partial charge in [-0.1, -0.05) is 11.3 Å². The highest BCUT2D eigenvalue weighted by molar-refractivity contribution is 7.17. The smallest absolute Gasteiger partial charge is 0.284 e. The van der Waals surface area contributed by atoms with E-state index in [-0.39, 0.29) is 16.3 Å². The number of nitrogens with zero attached hydrogens (tertiary/aromatic N) is 4. The first-order valence-electron chi connectivity index (χ1n) is 6.37. The van der Waals surface area contributed by atoms with Crippen LogP contribution in [0.25, 0.3) is 0 Å². The summed E-state index contributed by atoms with van der Waals surface area (Å²) in [4.78, 5) is 27.4. The summed E-state index contributed by atoms with van der Waals surface area (Å²) in [5, 5.41) is 10.5. The number of carbonyl (C=O) groups excluding carboxylic acids is 2. The van der Waals surface area contributed by atoms with Crippen molar-refractivity contribution in [1.29, 1.82) is 0 Å². The molecule has 2 heterocycles. The van der Waals surface area contributed by atoms with E-state index in [1.807, 2.05) is 11.8 Å². The van der Waals surface area contributed by atoms with Crippen LogP contribution in [0.2, 0.25) is 4.47 Å². The van der Waals surface area contributed by atoms with Gasteiger partial charge in [-0.15, -0.1) is 10.2 Å². The third-order valence-electron chi connectivity index (χ3n) is 2.98. The van der Waals surface area contributed by atoms with E-state index < -0.39 is 0 Å². The Morgan fingerprint density at radius 1 is 1.30 bits per heavy atom. The SMILES string of the molecule is CCNC(=O)CN1CCN(C(=O)c2nnc(Cl)s2)CC1. The first kappa shape index (κ1) is 15.1. The molecule has 0 bridgehead atoms. The molecule has 1 saturated heterocycles. The Balaban J connectivity index is 1.82. The Morgan fingerprint density at radius 3 is 2.55 bits per heavy atom. The molecule has 1 aliphatic rings. The van der Waals surface area contributed by atoms with Crippen molar-refractivity contribution in [2.24, 2.45) is 0 Å². The van der Waals surface area contributed by atoms with Gasteiger partial charge in [0.05, 0.1) is 6.54 Å². The average Bonchev–Trinajstić information content (AvgIpc) is 2.86. The van der Waals surface area contributed by atoms with Crippen LogP contribution in [0, 0.1) is 0 Å². The van der Waals surface area contributed by atoms with Gasteiger partial charge in [0.2, 0.25) is 15.4 Å². The van der Waals surface area contributed by atoms with Gasteiger partial charge >= 0.3 is 0 Å². The summed E-state index contributed by atoms with van der Waals surface area (Å²) in [6.45, 7) is 5.41. The molecule has 2 rings (SSSR count). The minimum absolute atomic E-state index is 0.0168. The Bertz CT molecular complexity index is 487. The van der Waals surface area contributed by atoms with Gasteiger partial charge < -0.3 is 10.2 Å². The van der Waals surface area contributed by atoms with Gasteiger partial charge in [-0.05, 0) is 18.5 Å². The molecule has 1 aliphatic heterocycles. The van der Waals surface area contributed by atoms with E-state index in [1.54, 1.807) is 4.90 Å². The highest BCUT2D eigenvalue weighted by Crippen LogP contribution is 2.17. The maximum atomic E-state index is 12.1. The van der Waals surface area contributed by atoms with E-state index in [1.165, 1.54) is 0 Å². The molecule has 9 heteroatoms. The van der Waals surface area contributed by atoms with Crippen LogP contribution >= 0.6 is 22.9 Å². The number of nitrogens with one attached hydrogen (secondary N) is 1. The van der Waals surface area contributed by atoms with Crippen LogP contribution in [0.5, 0.6) is 0 Å². The van der Waals surface area contributed by atoms with Gasteiger partial charge in [0.15, 0.2) is 0 Å². The number of hydrogen-bond acceptors (Lipinski definition) is 6. The molecule has 1 fully saturated rings. The molecule has 0 atom stereocenters. The van der Waals surface area contributed by atoms with Crippen molar-refractivity contribution < 1.29 is 9.59 Å². The van der Waals surface area contributed by atoms with Crippen molar-refractivity contribution in [1.82, 2.24) is 25.3 Å². The second-order valence-corrected chi connectivity index (χ2v) is 5.94. The van der Waals surface area contributed by atoms with Crippen molar-refractivity contribution in [3.63, 3.8) is 0 Å². The maximum absolute atomic E-state index is 12.1. The van der Waals surface area contributed by atoms with Crippen LogP contribution in [-0.4, -0.2) is 71.1 Å². The van der Waals surface area contributed by atoms with Crippen LogP contribution in [0.3, 0.4) is 0 Å². The summed E-state index contributed by atoms with van der Waals surface area (Å²) in [7, 11) is 0. The fourth-order valence-electron chi connectivity index (χ4n) is 1.99. The molecule has 1 aromatic rings. The second-order valence-electron chi connectivity index (χ2n) is 4.38. The monoisotopic (exact) mass is 317 g/mol. The standard InChI is InChI=1S/C11H16ClN5O2S/c1-2-13-8(18)7-16-3-5-17(6-4-16)10(19)9-14-15-11(12)20-9/h2-7H2,1H3,(H,13,18). The molecule has 0 unspecified atom stereocenters. The van der Waals surface area contributed by atoms with Crippen molar-refractivity contribution in [2.75, 3.05) is 39.3 Å². The summed E-state index contributed by atoms with van der Waals surface area (Å²) in [5.41, 5.74) is 0. The van der Waals surface area contributed by atoms with E-state index in [9.17, 15) is 9.59 Å². The minimum Gasteiger partial charge on any atom is -0.355 e. The average molecular weight is 318 g/mol. The molecule has 2 amide bonds. The Morgan fingerprint density at radius 2 is 2.00 bits per heavy atom. The molecule has 110 valence electrons. The molecule has 0 saturated carbocycles. The molecule has 0 aliphatic carbocycles. The van der Waals surface area contributed by atoms with Gasteiger partial charge in [0.25, 0.3) is 5.91 Å². The number of amides is 2. The summed E-state index contributed by atoms with van der Waals surface area (Å²) >= 11 is 6.76. The van der Waals surface area contributed by atoms with E-state index >= 15 is 0 Å². The lowest BCUT2D eigenvalue weighted by atomic mass is 10.3. The molecule has 1 aromatic heterocycles. The summed E-state index contributed by atoms with van der Waals surface area (Å²) in [6.07, 6.45) is 0. The number of piperazine rings is 1. The molecule has 0 aromatic carbocycles. The number of hydrogen-bond donors (Lipinski definition) is 1. The van der Waals surface area contributed by atoms with Gasteiger partial charge in [-0.2, -0.15) is 0 Å². The fraction of sp³-hybridized carbons (Fsp3) is 0.636. The number of carbonyl (C=O) groups is 2. The lowest BCUT2D eigenvalue weighted by Crippen LogP contribution is -2.51. The van der Waals surface area contributed by atoms with Crippen molar-refractivity contribution >= 4 is 34.8 Å². The van der Waals surface area contributed by atoms with Gasteiger partial charge in [0, 0.05) is 32.7 Å². The predicted molar refractivity (Wildman–Crippen MR) is 75.9 cm³/mol. The van der Waals surface area contributed by atoms with E-state index in [4.69, 9.17) is 11.6 Å². The highest BCUT2D eigenvalue weighted by atomic mass is 35.5. The lowest BCUT2D eigenvalue weighted by molar-refractivity contribution is -0.122. The molecular formula is C11H16ClN5O2S. The second kappa shape index (κ2) is 6.96. The number of likely N-dealkylation sites (N-methyl/N-ethyl adjacent to an activating group) is 1. The van der Waals surface area contributed by atoms with Crippen LogP contribution < -0.4 is 5.32 Å². The number of halogens is 1. The van der Waals surface area contributed by atoms with E-state index in [0.717, 1.165) is 11.3 Å². The normalized spacial score (nSPS) is 16.2. The Labute approximate surface area is 125 Å². The zero-order valence-corrected chi connectivity index (χ0v) is 12.7. The van der Waals surface area contributed by atoms with Crippen LogP contribution in [0.15, 0.2) is 0 Å². The first-order chi connectivity index (χ1) is 9.60. The number of aromatic nitrogens is 2. The topological polar surface area (TPSA) is 78.4 Å². The van der Waals surface area contributed by atoms with Crippen LogP contribution in [0.1, 0.15) is 16.7 Å². The quantitative estimate of drug-likeness (QED) is 0.851. The molecule has 1 N–H and O–H groups in total. The zero-order chi connectivity index (χ0) is 14.5. The molecule has 20 heavy (non-hydrogen) atoms. The molecular weight excluding hydrogens is 302 g/mol. The van der Waals surface area contributed by atoms with Crippen LogP contribution in [0.4, 0.5) is 0 Å². The van der Waals surface area contributed by atoms with Crippen LogP contribution in [-0.2, 0) is 4.79 Å². The van der Waals surface area contributed by atoms with E-state index in [0.29, 0.717) is 44.3 Å². The highest BCUT2D eigenvalue weighted by Gasteiger charge is 2.25. The zero-order valence-electron chi connectivity index (χ0n) is 11.1. The van der Waals surface area contributed by atoms with Crippen molar-refractivity contribution in [3.8, 4) is 0 Å². The lowest BCUT2D eigenvalue weighted by Gasteiger charge is -2.33. The summed E-state index contributed by atoms with van der Waals surface area (Å²) < 4.78 is 0.267. The largest absolute Gasteiger partial charge is 0.355 e. The number of rotatable bonds is 4. The van der Waals surface area contributed by atoms with Crippen molar-refractivity contribution in [2.45, 2.75) is 6.92 Å². The van der Waals surface area contributed by atoms with Gasteiger partial charge in [-0.25, -0.2) is 0 Å². The summed E-state index contributed by atoms with van der Waals surface area (Å²) in [6, 6.07) is 0. The third kappa shape index (κ3) is 3.87. The molecule has 0 radical (unpaired) electrons. The predicted octanol–water partition coefficient (Wildman–Crippen LogP) is 0.0854. The fourth-order valence-corrected chi connectivity index (χ4v) is 2.79. The summed E-state index contributed by atoms with van der Waals surface area (Å²) in [5.74, 6) is -0.129. The maximum Gasteiger partial charge on any atom is 0.284 e. The van der Waals surface area contributed by atoms with E-state index in [2.05, 4.69) is 15.5 Å². The van der Waals surface area contributed by atoms with Gasteiger partial charge in [0.1, 0.15) is 0 Å². The minimum atomic E-state index is -0.146. The Hall–Kier alpha value is -1.25. The first-order valence-corrected chi connectivity index (χ1v) is 7.57. The van der Waals surface area contributed by atoms with Gasteiger partial charge in [-0.3, -0.25) is 14.5 Å². The molecule has 0 spiro atoms. The van der Waals surface area contributed by atoms with Crippen molar-refractivity contribution in [3.05, 3.63) is 9.47 Å². The molecule has 7 nitrogen and oxygen atoms in total. The third-order valence-corrected chi connectivity index (χ3v) is 3.99. The Kier molecular flexibility index (Phi) is 5.27.